The number of thiophene rings is 1. The molecule has 3 heterocycles. The summed E-state index contributed by atoms with van der Waals surface area (Å²) in [5.41, 5.74) is 3.09. The predicted octanol–water partition coefficient (Wildman–Crippen LogP) is 4.99. The summed E-state index contributed by atoms with van der Waals surface area (Å²) < 4.78 is 0. The second-order valence-electron chi connectivity index (χ2n) is 5.29. The Balaban J connectivity index is 1.75. The highest BCUT2D eigenvalue weighted by molar-refractivity contribution is 7.21. The van der Waals surface area contributed by atoms with E-state index < -0.39 is 0 Å². The summed E-state index contributed by atoms with van der Waals surface area (Å²) in [6, 6.07) is 20.7. The lowest BCUT2D eigenvalue weighted by Crippen LogP contribution is -1.76. The molecule has 0 bridgehead atoms. The highest BCUT2D eigenvalue weighted by Crippen LogP contribution is 2.33. The van der Waals surface area contributed by atoms with E-state index >= 15 is 0 Å². The third-order valence-corrected chi connectivity index (χ3v) is 4.88. The van der Waals surface area contributed by atoms with E-state index in [1.165, 1.54) is 10.8 Å². The molecule has 0 spiro atoms. The number of aromatic amines is 1. The SMILES string of the molecule is c1ccc2nc3sc(-c4nc5ccccc5[nH]4)cc3cc2c1. The van der Waals surface area contributed by atoms with E-state index in [4.69, 9.17) is 4.98 Å². The van der Waals surface area contributed by atoms with E-state index in [1.54, 1.807) is 11.3 Å². The number of fused-ring (bicyclic) bond motifs is 3. The number of para-hydroxylation sites is 3. The van der Waals surface area contributed by atoms with E-state index in [2.05, 4.69) is 34.2 Å². The number of rotatable bonds is 1. The van der Waals surface area contributed by atoms with Crippen molar-refractivity contribution in [1.29, 1.82) is 0 Å². The highest BCUT2D eigenvalue weighted by atomic mass is 32.1. The smallest absolute Gasteiger partial charge is 0.148 e. The average Bonchev–Trinajstić information content (AvgIpc) is 3.15. The van der Waals surface area contributed by atoms with Crippen LogP contribution in [0.3, 0.4) is 0 Å². The van der Waals surface area contributed by atoms with Gasteiger partial charge < -0.3 is 4.98 Å². The summed E-state index contributed by atoms with van der Waals surface area (Å²) in [5.74, 6) is 0.910. The van der Waals surface area contributed by atoms with Gasteiger partial charge in [-0.25, -0.2) is 9.97 Å². The Morgan fingerprint density at radius 1 is 0.773 bits per heavy atom. The molecule has 0 aliphatic carbocycles. The van der Waals surface area contributed by atoms with Crippen LogP contribution in [0.2, 0.25) is 0 Å². The van der Waals surface area contributed by atoms with Gasteiger partial charge in [-0.3, -0.25) is 0 Å². The summed E-state index contributed by atoms with van der Waals surface area (Å²) in [7, 11) is 0. The summed E-state index contributed by atoms with van der Waals surface area (Å²) >= 11 is 1.68. The average molecular weight is 301 g/mol. The van der Waals surface area contributed by atoms with Gasteiger partial charge >= 0.3 is 0 Å². The van der Waals surface area contributed by atoms with E-state index in [1.807, 2.05) is 36.4 Å². The number of imidazole rings is 1. The zero-order chi connectivity index (χ0) is 14.5. The Labute approximate surface area is 130 Å². The Morgan fingerprint density at radius 3 is 2.50 bits per heavy atom. The van der Waals surface area contributed by atoms with Crippen LogP contribution in [0, 0.1) is 0 Å². The Bertz CT molecular complexity index is 1050. The number of nitrogens with zero attached hydrogens (tertiary/aromatic N) is 2. The summed E-state index contributed by atoms with van der Waals surface area (Å²) in [6.45, 7) is 0. The maximum Gasteiger partial charge on any atom is 0.148 e. The first-order chi connectivity index (χ1) is 10.9. The van der Waals surface area contributed by atoms with Crippen LogP contribution in [0.4, 0.5) is 0 Å². The van der Waals surface area contributed by atoms with Gasteiger partial charge in [-0.1, -0.05) is 30.3 Å². The van der Waals surface area contributed by atoms with Gasteiger partial charge in [0.25, 0.3) is 0 Å². The molecule has 0 aliphatic rings. The number of H-pyrrole nitrogens is 1. The quantitative estimate of drug-likeness (QED) is 0.474. The minimum Gasteiger partial charge on any atom is -0.337 e. The fourth-order valence-corrected chi connectivity index (χ4v) is 3.73. The number of nitrogens with one attached hydrogen (secondary N) is 1. The third-order valence-electron chi connectivity index (χ3n) is 3.83. The molecule has 104 valence electrons. The summed E-state index contributed by atoms with van der Waals surface area (Å²) in [6.07, 6.45) is 0. The van der Waals surface area contributed by atoms with Gasteiger partial charge in [0.05, 0.1) is 21.4 Å². The molecule has 0 atom stereocenters. The van der Waals surface area contributed by atoms with E-state index in [0.29, 0.717) is 0 Å². The van der Waals surface area contributed by atoms with Gasteiger partial charge in [-0.15, -0.1) is 11.3 Å². The van der Waals surface area contributed by atoms with Crippen molar-refractivity contribution in [3.63, 3.8) is 0 Å². The maximum atomic E-state index is 4.75. The number of pyridine rings is 1. The van der Waals surface area contributed by atoms with Crippen LogP contribution in [0.5, 0.6) is 0 Å². The predicted molar refractivity (Wildman–Crippen MR) is 92.2 cm³/mol. The second kappa shape index (κ2) is 4.39. The molecule has 5 rings (SSSR count). The zero-order valence-corrected chi connectivity index (χ0v) is 12.4. The van der Waals surface area contributed by atoms with Crippen molar-refractivity contribution in [1.82, 2.24) is 15.0 Å². The maximum absolute atomic E-state index is 4.75. The fraction of sp³-hybridized carbons (Fsp3) is 0. The third kappa shape index (κ3) is 1.74. The molecule has 22 heavy (non-hydrogen) atoms. The number of hydrogen-bond acceptors (Lipinski definition) is 3. The first-order valence-corrected chi connectivity index (χ1v) is 7.93. The van der Waals surface area contributed by atoms with Gasteiger partial charge in [0.1, 0.15) is 10.7 Å². The molecule has 5 aromatic rings. The number of benzene rings is 2. The van der Waals surface area contributed by atoms with Crippen molar-refractivity contribution >= 4 is 43.5 Å². The lowest BCUT2D eigenvalue weighted by molar-refractivity contribution is 1.36. The Kier molecular flexibility index (Phi) is 2.37. The van der Waals surface area contributed by atoms with Crippen molar-refractivity contribution in [3.8, 4) is 10.7 Å². The van der Waals surface area contributed by atoms with Gasteiger partial charge in [-0.2, -0.15) is 0 Å². The molecule has 0 saturated carbocycles. The molecule has 0 aliphatic heterocycles. The van der Waals surface area contributed by atoms with Crippen molar-refractivity contribution in [2.75, 3.05) is 0 Å². The van der Waals surface area contributed by atoms with E-state index in [0.717, 1.165) is 32.1 Å². The first-order valence-electron chi connectivity index (χ1n) is 7.11. The van der Waals surface area contributed by atoms with Crippen LogP contribution in [-0.4, -0.2) is 15.0 Å². The van der Waals surface area contributed by atoms with Crippen molar-refractivity contribution in [2.45, 2.75) is 0 Å². The molecule has 3 nitrogen and oxygen atoms in total. The first kappa shape index (κ1) is 11.9. The van der Waals surface area contributed by atoms with Crippen LogP contribution in [-0.2, 0) is 0 Å². The summed E-state index contributed by atoms with van der Waals surface area (Å²) in [4.78, 5) is 15.0. The van der Waals surface area contributed by atoms with E-state index in [9.17, 15) is 0 Å². The Hall–Kier alpha value is -2.72. The molecule has 4 heteroatoms. The summed E-state index contributed by atoms with van der Waals surface area (Å²) in [5, 5.41) is 2.34. The molecule has 0 amide bonds. The van der Waals surface area contributed by atoms with Gasteiger partial charge in [0.2, 0.25) is 0 Å². The lowest BCUT2D eigenvalue weighted by atomic mass is 10.2. The molecule has 0 fully saturated rings. The molecular formula is C18H11N3S. The van der Waals surface area contributed by atoms with Gasteiger partial charge in [0.15, 0.2) is 0 Å². The van der Waals surface area contributed by atoms with Gasteiger partial charge in [-0.05, 0) is 30.3 Å². The molecule has 0 radical (unpaired) electrons. The number of hydrogen-bond donors (Lipinski definition) is 1. The fourth-order valence-electron chi connectivity index (χ4n) is 2.76. The molecule has 1 N–H and O–H groups in total. The van der Waals surface area contributed by atoms with Crippen molar-refractivity contribution < 1.29 is 0 Å². The van der Waals surface area contributed by atoms with Crippen LogP contribution >= 0.6 is 11.3 Å². The normalized spacial score (nSPS) is 11.6. The van der Waals surface area contributed by atoms with Crippen molar-refractivity contribution in [2.24, 2.45) is 0 Å². The van der Waals surface area contributed by atoms with E-state index in [-0.39, 0.29) is 0 Å². The van der Waals surface area contributed by atoms with Crippen LogP contribution in [0.15, 0.2) is 60.7 Å². The van der Waals surface area contributed by atoms with Crippen LogP contribution < -0.4 is 0 Å². The Morgan fingerprint density at radius 2 is 1.59 bits per heavy atom. The topological polar surface area (TPSA) is 41.6 Å². The monoisotopic (exact) mass is 301 g/mol. The lowest BCUT2D eigenvalue weighted by Gasteiger charge is -1.95. The largest absolute Gasteiger partial charge is 0.337 e. The molecule has 0 unspecified atom stereocenters. The second-order valence-corrected chi connectivity index (χ2v) is 6.32. The minimum atomic E-state index is 0.910. The van der Waals surface area contributed by atoms with Crippen LogP contribution in [0.25, 0.3) is 42.9 Å². The molecule has 0 saturated heterocycles. The highest BCUT2D eigenvalue weighted by Gasteiger charge is 2.10. The molecular weight excluding hydrogens is 290 g/mol. The van der Waals surface area contributed by atoms with Crippen molar-refractivity contribution in [3.05, 3.63) is 60.7 Å². The number of aromatic nitrogens is 3. The molecule has 3 aromatic heterocycles. The van der Waals surface area contributed by atoms with Crippen LogP contribution in [0.1, 0.15) is 0 Å². The van der Waals surface area contributed by atoms with Gasteiger partial charge in [0, 0.05) is 10.8 Å². The molecule has 2 aromatic carbocycles. The standard InChI is InChI=1S/C18H11N3S/c1-2-6-13-11(5-1)9-12-10-16(22-18(12)21-13)17-19-14-7-3-4-8-15(14)20-17/h1-10H,(H,19,20). The zero-order valence-electron chi connectivity index (χ0n) is 11.6. The minimum absolute atomic E-state index is 0.910.